The van der Waals surface area contributed by atoms with Gasteiger partial charge in [-0.15, -0.1) is 11.3 Å². The van der Waals surface area contributed by atoms with Crippen molar-refractivity contribution in [3.05, 3.63) is 58.6 Å². The van der Waals surface area contributed by atoms with Crippen LogP contribution in [-0.4, -0.2) is 67.3 Å². The van der Waals surface area contributed by atoms with Crippen LogP contribution in [0, 0.1) is 30.6 Å². The molecule has 2 amide bonds. The zero-order valence-corrected chi connectivity index (χ0v) is 30.0. The van der Waals surface area contributed by atoms with Crippen LogP contribution >= 0.6 is 11.3 Å². The van der Waals surface area contributed by atoms with E-state index in [1.54, 1.807) is 6.92 Å². The first-order valence-electron chi connectivity index (χ1n) is 18.3. The molecule has 268 valence electrons. The molecule has 0 radical (unpaired) electrons. The molecule has 0 aliphatic carbocycles. The Morgan fingerprint density at radius 1 is 0.940 bits per heavy atom. The van der Waals surface area contributed by atoms with Crippen molar-refractivity contribution in [2.75, 3.05) is 32.9 Å². The van der Waals surface area contributed by atoms with E-state index in [1.165, 1.54) is 11.3 Å². The minimum absolute atomic E-state index is 0.00613. The predicted octanol–water partition coefficient (Wildman–Crippen LogP) is 5.26. The third kappa shape index (κ3) is 8.97. The summed E-state index contributed by atoms with van der Waals surface area (Å²) in [4.78, 5) is 60.3. The molecule has 0 unspecified atom stereocenters. The van der Waals surface area contributed by atoms with E-state index in [2.05, 4.69) is 22.0 Å². The zero-order valence-electron chi connectivity index (χ0n) is 29.2. The van der Waals surface area contributed by atoms with E-state index < -0.39 is 17.9 Å². The van der Waals surface area contributed by atoms with E-state index in [4.69, 9.17) is 14.5 Å². The van der Waals surface area contributed by atoms with Crippen molar-refractivity contribution in [2.24, 2.45) is 23.7 Å². The molecule has 4 heterocycles. The number of benzene rings is 2. The van der Waals surface area contributed by atoms with Gasteiger partial charge in [-0.25, -0.2) is 4.98 Å². The number of nitrogens with zero attached hydrogens (tertiary/aromatic N) is 1. The maximum absolute atomic E-state index is 14.5. The lowest BCUT2D eigenvalue weighted by Gasteiger charge is -2.35. The number of carbonyl (C=O) groups is 4. The zero-order chi connectivity index (χ0) is 35.0. The van der Waals surface area contributed by atoms with Crippen molar-refractivity contribution in [1.82, 2.24) is 20.9 Å². The van der Waals surface area contributed by atoms with Crippen molar-refractivity contribution in [1.29, 1.82) is 0 Å². The number of nitrogens with one attached hydrogen (secondary N) is 3. The number of thiazole rings is 1. The average molecular weight is 703 g/mol. The van der Waals surface area contributed by atoms with E-state index in [9.17, 15) is 19.2 Å². The summed E-state index contributed by atoms with van der Waals surface area (Å²) in [7, 11) is 0. The van der Waals surface area contributed by atoms with Gasteiger partial charge in [-0.05, 0) is 81.3 Å². The standard InChI is InChI=1S/C39H50N4O6S/c1-3-28(44)21-27(22-36-41-32-9-8-24(2)20-35(32)50-36)38(46)43-37(26-12-17-48-18-13-26)33(45)23-30(25-10-15-40-16-11-25)39(47)42-31-14-19-49-34-7-5-4-6-29(31)34/h4-9,20,25-27,30-31,37,40H,3,10-19,21-23H2,1-2H3,(H,42,47)(H,43,46)/t27-,30-,31+,37-/m0/s1. The summed E-state index contributed by atoms with van der Waals surface area (Å²) in [5, 5.41) is 10.6. The van der Waals surface area contributed by atoms with E-state index in [0.29, 0.717) is 51.9 Å². The monoisotopic (exact) mass is 702 g/mol. The second-order valence-electron chi connectivity index (χ2n) is 14.1. The number of hydrogen-bond donors (Lipinski definition) is 3. The minimum Gasteiger partial charge on any atom is -0.493 e. The lowest BCUT2D eigenvalue weighted by atomic mass is 9.78. The first kappa shape index (κ1) is 36.1. The number of Topliss-reactive ketones (excluding diaryl/α,β-unsaturated/α-hetero) is 2. The number of aryl methyl sites for hydroxylation is 1. The fourth-order valence-electron chi connectivity index (χ4n) is 7.67. The highest BCUT2D eigenvalue weighted by Crippen LogP contribution is 2.34. The number of rotatable bonds is 14. The van der Waals surface area contributed by atoms with Crippen molar-refractivity contribution in [3.8, 4) is 5.75 Å². The predicted molar refractivity (Wildman–Crippen MR) is 193 cm³/mol. The summed E-state index contributed by atoms with van der Waals surface area (Å²) < 4.78 is 12.5. The summed E-state index contributed by atoms with van der Waals surface area (Å²) in [5.41, 5.74) is 2.96. The number of piperidine rings is 1. The highest BCUT2D eigenvalue weighted by atomic mass is 32.1. The first-order chi connectivity index (χ1) is 24.3. The smallest absolute Gasteiger partial charge is 0.224 e. The van der Waals surface area contributed by atoms with Crippen molar-refractivity contribution >= 4 is 44.9 Å². The van der Waals surface area contributed by atoms with E-state index >= 15 is 0 Å². The summed E-state index contributed by atoms with van der Waals surface area (Å²) >= 11 is 1.54. The second kappa shape index (κ2) is 17.0. The molecule has 2 fully saturated rings. The Balaban J connectivity index is 1.22. The third-order valence-electron chi connectivity index (χ3n) is 10.6. The van der Waals surface area contributed by atoms with E-state index in [1.807, 2.05) is 43.3 Å². The van der Waals surface area contributed by atoms with Gasteiger partial charge in [0.2, 0.25) is 11.8 Å². The molecule has 0 saturated carbocycles. The Kier molecular flexibility index (Phi) is 12.3. The molecule has 1 aromatic heterocycles. The first-order valence-corrected chi connectivity index (χ1v) is 19.1. The highest BCUT2D eigenvalue weighted by Gasteiger charge is 2.39. The number of hydrogen-bond acceptors (Lipinski definition) is 9. The summed E-state index contributed by atoms with van der Waals surface area (Å²) in [5.74, 6) is -1.06. The number of aromatic nitrogens is 1. The molecule has 11 heteroatoms. The maximum Gasteiger partial charge on any atom is 0.224 e. The van der Waals surface area contributed by atoms with Gasteiger partial charge in [-0.2, -0.15) is 0 Å². The lowest BCUT2D eigenvalue weighted by Crippen LogP contribution is -2.51. The quantitative estimate of drug-likeness (QED) is 0.207. The normalized spacial score (nSPS) is 20.2. The largest absolute Gasteiger partial charge is 0.493 e. The minimum atomic E-state index is -0.774. The van der Waals surface area contributed by atoms with Crippen LogP contribution in [-0.2, 0) is 30.3 Å². The van der Waals surface area contributed by atoms with Crippen LogP contribution in [0.15, 0.2) is 42.5 Å². The topological polar surface area (TPSA) is 136 Å². The van der Waals surface area contributed by atoms with E-state index in [-0.39, 0.29) is 54.1 Å². The van der Waals surface area contributed by atoms with Gasteiger partial charge in [0.15, 0.2) is 5.78 Å². The Hall–Kier alpha value is -3.67. The van der Waals surface area contributed by atoms with Gasteiger partial charge in [-0.1, -0.05) is 31.2 Å². The molecule has 0 spiro atoms. The third-order valence-corrected chi connectivity index (χ3v) is 11.7. The maximum atomic E-state index is 14.5. The van der Waals surface area contributed by atoms with Crippen LogP contribution in [0.2, 0.25) is 0 Å². The van der Waals surface area contributed by atoms with Gasteiger partial charge < -0.3 is 25.4 Å². The number of ketones is 2. The van der Waals surface area contributed by atoms with Crippen LogP contribution in [0.1, 0.15) is 80.5 Å². The molecule has 3 aliphatic rings. The van der Waals surface area contributed by atoms with Crippen molar-refractivity contribution in [2.45, 2.75) is 83.7 Å². The molecule has 2 aromatic carbocycles. The summed E-state index contributed by atoms with van der Waals surface area (Å²) in [6.45, 7) is 6.95. The average Bonchev–Trinajstić information content (AvgIpc) is 3.54. The second-order valence-corrected chi connectivity index (χ2v) is 15.2. The Labute approximate surface area is 298 Å². The van der Waals surface area contributed by atoms with Crippen molar-refractivity contribution in [3.63, 3.8) is 0 Å². The van der Waals surface area contributed by atoms with E-state index in [0.717, 1.165) is 58.0 Å². The molecule has 4 atom stereocenters. The van der Waals surface area contributed by atoms with Crippen LogP contribution in [0.25, 0.3) is 10.2 Å². The van der Waals surface area contributed by atoms with Gasteiger partial charge in [0.25, 0.3) is 0 Å². The highest BCUT2D eigenvalue weighted by molar-refractivity contribution is 7.18. The van der Waals surface area contributed by atoms with Crippen LogP contribution in [0.5, 0.6) is 5.75 Å². The number of ether oxygens (including phenoxy) is 2. The molecule has 2 saturated heterocycles. The molecule has 10 nitrogen and oxygen atoms in total. The summed E-state index contributed by atoms with van der Waals surface area (Å²) in [6.07, 6.45) is 4.29. The van der Waals surface area contributed by atoms with Gasteiger partial charge in [0, 0.05) is 56.8 Å². The summed E-state index contributed by atoms with van der Waals surface area (Å²) in [6, 6.07) is 12.9. The molecule has 3 aromatic rings. The molecule has 3 aliphatic heterocycles. The number of para-hydroxylation sites is 1. The van der Waals surface area contributed by atoms with Gasteiger partial charge in [-0.3, -0.25) is 19.2 Å². The molecular weight excluding hydrogens is 653 g/mol. The fraction of sp³-hybridized carbons (Fsp3) is 0.564. The van der Waals surface area contributed by atoms with Gasteiger partial charge in [0.05, 0.1) is 39.8 Å². The molecular formula is C39H50N4O6S. The number of carbonyl (C=O) groups excluding carboxylic acids is 4. The van der Waals surface area contributed by atoms with Crippen molar-refractivity contribution < 1.29 is 28.7 Å². The van der Waals surface area contributed by atoms with Gasteiger partial charge >= 0.3 is 0 Å². The molecule has 50 heavy (non-hydrogen) atoms. The SMILES string of the molecule is CCC(=O)C[C@@H](Cc1nc2ccc(C)cc2s1)C(=O)N[C@H](C(=O)C[C@H](C(=O)N[C@@H]1CCOc2ccccc21)C1CCNCC1)C1CCOCC1. The number of fused-ring (bicyclic) bond motifs is 2. The molecule has 0 bridgehead atoms. The Morgan fingerprint density at radius 2 is 1.72 bits per heavy atom. The van der Waals surface area contributed by atoms with Crippen LogP contribution in [0.4, 0.5) is 0 Å². The Morgan fingerprint density at radius 3 is 2.50 bits per heavy atom. The molecule has 6 rings (SSSR count). The van der Waals surface area contributed by atoms with Crippen LogP contribution < -0.4 is 20.7 Å². The lowest BCUT2D eigenvalue weighted by molar-refractivity contribution is -0.136. The fourth-order valence-corrected chi connectivity index (χ4v) is 8.82. The number of amides is 2. The van der Waals surface area contributed by atoms with Gasteiger partial charge in [0.1, 0.15) is 11.5 Å². The van der Waals surface area contributed by atoms with Crippen LogP contribution in [0.3, 0.4) is 0 Å². The Bertz CT molecular complexity index is 1660. The molecule has 3 N–H and O–H groups in total.